The average Bonchev–Trinajstić information content (AvgIpc) is 2.64. The van der Waals surface area contributed by atoms with E-state index < -0.39 is 12.3 Å². The summed E-state index contributed by atoms with van der Waals surface area (Å²) < 4.78 is 44.0. The number of hydrogen-bond acceptors (Lipinski definition) is 3. The number of halogens is 3. The topological polar surface area (TPSA) is 53.1 Å². The molecule has 0 spiro atoms. The van der Waals surface area contributed by atoms with Crippen LogP contribution in [0.3, 0.4) is 0 Å². The molecule has 0 aliphatic heterocycles. The van der Waals surface area contributed by atoms with E-state index in [1.54, 1.807) is 0 Å². The van der Waals surface area contributed by atoms with Gasteiger partial charge in [-0.3, -0.25) is 4.68 Å². The predicted molar refractivity (Wildman–Crippen MR) is 56.8 cm³/mol. The summed E-state index contributed by atoms with van der Waals surface area (Å²) >= 11 is 0. The normalized spacial score (nSPS) is 14.1. The Bertz CT molecular complexity index is 349. The zero-order valence-electron chi connectivity index (χ0n) is 9.74. The van der Waals surface area contributed by atoms with Crippen LogP contribution in [-0.4, -0.2) is 28.6 Å². The second kappa shape index (κ2) is 5.39. The molecule has 0 fully saturated rings. The number of aromatic nitrogens is 2. The van der Waals surface area contributed by atoms with E-state index in [2.05, 4.69) is 5.10 Å². The molecule has 98 valence electrons. The zero-order valence-corrected chi connectivity index (χ0v) is 9.74. The number of hydrogen-bond donors (Lipinski definition) is 1. The van der Waals surface area contributed by atoms with Gasteiger partial charge in [0.15, 0.2) is 11.9 Å². The van der Waals surface area contributed by atoms with Crippen molar-refractivity contribution in [1.82, 2.24) is 9.78 Å². The molecule has 0 radical (unpaired) electrons. The fourth-order valence-electron chi connectivity index (χ4n) is 1.27. The molecule has 0 bridgehead atoms. The van der Waals surface area contributed by atoms with E-state index in [1.165, 1.54) is 17.1 Å². The van der Waals surface area contributed by atoms with Crippen LogP contribution in [0, 0.1) is 0 Å². The van der Waals surface area contributed by atoms with Crippen LogP contribution >= 0.6 is 0 Å². The molecule has 0 aliphatic rings. The Morgan fingerprint density at radius 2 is 2.12 bits per heavy atom. The highest BCUT2D eigenvalue weighted by molar-refractivity contribution is 5.13. The Hall–Kier alpha value is -1.24. The van der Waals surface area contributed by atoms with Crippen LogP contribution in [0.25, 0.3) is 0 Å². The monoisotopic (exact) mass is 251 g/mol. The van der Waals surface area contributed by atoms with Crippen molar-refractivity contribution < 1.29 is 17.9 Å². The molecule has 0 aromatic carbocycles. The van der Waals surface area contributed by atoms with E-state index in [4.69, 9.17) is 10.5 Å². The number of alkyl halides is 3. The summed E-state index contributed by atoms with van der Waals surface area (Å²) in [4.78, 5) is 0. The quantitative estimate of drug-likeness (QED) is 0.872. The maximum Gasteiger partial charge on any atom is 0.425 e. The molecule has 1 aromatic rings. The molecule has 7 heteroatoms. The van der Waals surface area contributed by atoms with Gasteiger partial charge in [0, 0.05) is 12.5 Å². The Balaban J connectivity index is 2.72. The van der Waals surface area contributed by atoms with E-state index in [9.17, 15) is 13.2 Å². The summed E-state index contributed by atoms with van der Waals surface area (Å²) in [5.74, 6) is 0.106. The fourth-order valence-corrected chi connectivity index (χ4v) is 1.27. The molecule has 0 amide bonds. The third kappa shape index (κ3) is 3.92. The Labute approximate surface area is 97.5 Å². The molecule has 1 aromatic heterocycles. The molecular formula is C10H16F3N3O. The zero-order chi connectivity index (χ0) is 13.1. The Kier molecular flexibility index (Phi) is 4.39. The van der Waals surface area contributed by atoms with Crippen molar-refractivity contribution in [3.63, 3.8) is 0 Å². The highest BCUT2D eigenvalue weighted by Crippen LogP contribution is 2.27. The van der Waals surface area contributed by atoms with E-state index in [-0.39, 0.29) is 24.8 Å². The van der Waals surface area contributed by atoms with Crippen molar-refractivity contribution in [3.05, 3.63) is 12.4 Å². The maximum atomic E-state index is 12.6. The third-order valence-corrected chi connectivity index (χ3v) is 2.18. The summed E-state index contributed by atoms with van der Waals surface area (Å²) in [5.41, 5.74) is 5.13. The summed E-state index contributed by atoms with van der Waals surface area (Å²) in [6, 6.07) is 0.0752. The number of ether oxygens (including phenoxy) is 1. The van der Waals surface area contributed by atoms with Crippen LogP contribution in [0.15, 0.2) is 12.4 Å². The molecule has 0 saturated carbocycles. The lowest BCUT2D eigenvalue weighted by Gasteiger charge is -2.20. The van der Waals surface area contributed by atoms with E-state index >= 15 is 0 Å². The summed E-state index contributed by atoms with van der Waals surface area (Å²) in [5, 5.41) is 3.90. The smallest absolute Gasteiger partial charge is 0.425 e. The highest BCUT2D eigenvalue weighted by Gasteiger charge is 2.41. The lowest BCUT2D eigenvalue weighted by Crippen LogP contribution is -2.36. The van der Waals surface area contributed by atoms with Gasteiger partial charge in [-0.1, -0.05) is 0 Å². The lowest BCUT2D eigenvalue weighted by molar-refractivity contribution is -0.196. The Morgan fingerprint density at radius 1 is 1.47 bits per heavy atom. The first-order chi connectivity index (χ1) is 7.84. The molecular weight excluding hydrogens is 235 g/mol. The van der Waals surface area contributed by atoms with Gasteiger partial charge in [0.2, 0.25) is 0 Å². The first kappa shape index (κ1) is 13.8. The van der Waals surface area contributed by atoms with Crippen molar-refractivity contribution in [2.24, 2.45) is 5.73 Å². The van der Waals surface area contributed by atoms with Gasteiger partial charge in [-0.05, 0) is 20.4 Å². The minimum Gasteiger partial charge on any atom is -0.478 e. The van der Waals surface area contributed by atoms with Crippen molar-refractivity contribution in [2.75, 3.05) is 6.54 Å². The third-order valence-electron chi connectivity index (χ3n) is 2.18. The summed E-state index contributed by atoms with van der Waals surface area (Å²) in [6.45, 7) is 3.66. The van der Waals surface area contributed by atoms with Gasteiger partial charge in [-0.25, -0.2) is 0 Å². The van der Waals surface area contributed by atoms with E-state index in [0.717, 1.165) is 0 Å². The van der Waals surface area contributed by atoms with E-state index in [0.29, 0.717) is 0 Å². The molecule has 1 heterocycles. The standard InChI is InChI=1S/C10H16F3N3O/c1-7(2)16-6-8(5-15-16)17-9(3-4-14)10(11,12)13/h5-7,9H,3-4,14H2,1-2H3. The lowest BCUT2D eigenvalue weighted by atomic mass is 10.2. The molecule has 17 heavy (non-hydrogen) atoms. The number of rotatable bonds is 5. The first-order valence-corrected chi connectivity index (χ1v) is 5.32. The maximum absolute atomic E-state index is 12.6. The van der Waals surface area contributed by atoms with Gasteiger partial charge in [0.25, 0.3) is 0 Å². The minimum atomic E-state index is -4.42. The fraction of sp³-hybridized carbons (Fsp3) is 0.700. The molecule has 0 saturated heterocycles. The van der Waals surface area contributed by atoms with Gasteiger partial charge in [-0.15, -0.1) is 0 Å². The SMILES string of the molecule is CC(C)n1cc(OC(CCN)C(F)(F)F)cn1. The highest BCUT2D eigenvalue weighted by atomic mass is 19.4. The van der Waals surface area contributed by atoms with Gasteiger partial charge in [0.1, 0.15) is 0 Å². The molecule has 4 nitrogen and oxygen atoms in total. The summed E-state index contributed by atoms with van der Waals surface area (Å²) in [7, 11) is 0. The van der Waals surface area contributed by atoms with Crippen LogP contribution in [0.2, 0.25) is 0 Å². The van der Waals surface area contributed by atoms with Gasteiger partial charge < -0.3 is 10.5 Å². The molecule has 1 unspecified atom stereocenters. The predicted octanol–water partition coefficient (Wildman–Crippen LogP) is 2.12. The van der Waals surface area contributed by atoms with Crippen LogP contribution < -0.4 is 10.5 Å². The van der Waals surface area contributed by atoms with Crippen LogP contribution in [0.1, 0.15) is 26.3 Å². The Morgan fingerprint density at radius 3 is 2.53 bits per heavy atom. The van der Waals surface area contributed by atoms with Crippen LogP contribution in [-0.2, 0) is 0 Å². The van der Waals surface area contributed by atoms with Crippen LogP contribution in [0.5, 0.6) is 5.75 Å². The van der Waals surface area contributed by atoms with Gasteiger partial charge in [-0.2, -0.15) is 18.3 Å². The molecule has 1 rings (SSSR count). The second-order valence-electron chi connectivity index (χ2n) is 3.98. The largest absolute Gasteiger partial charge is 0.478 e. The van der Waals surface area contributed by atoms with E-state index in [1.807, 2.05) is 13.8 Å². The first-order valence-electron chi connectivity index (χ1n) is 5.32. The average molecular weight is 251 g/mol. The van der Waals surface area contributed by atoms with Crippen LogP contribution in [0.4, 0.5) is 13.2 Å². The van der Waals surface area contributed by atoms with Crippen molar-refractivity contribution in [1.29, 1.82) is 0 Å². The van der Waals surface area contributed by atoms with Crippen molar-refractivity contribution in [3.8, 4) is 5.75 Å². The molecule has 1 atom stereocenters. The molecule has 2 N–H and O–H groups in total. The van der Waals surface area contributed by atoms with Crippen molar-refractivity contribution in [2.45, 2.75) is 38.6 Å². The number of nitrogens with two attached hydrogens (primary N) is 1. The minimum absolute atomic E-state index is 0.0752. The van der Waals surface area contributed by atoms with Crippen molar-refractivity contribution >= 4 is 0 Å². The summed E-state index contributed by atoms with van der Waals surface area (Å²) in [6.07, 6.45) is -3.84. The van der Waals surface area contributed by atoms with Gasteiger partial charge >= 0.3 is 6.18 Å². The second-order valence-corrected chi connectivity index (χ2v) is 3.98. The molecule has 0 aliphatic carbocycles. The van der Waals surface area contributed by atoms with Gasteiger partial charge in [0.05, 0.1) is 12.4 Å². The number of nitrogens with zero attached hydrogens (tertiary/aromatic N) is 2.